The van der Waals surface area contributed by atoms with Crippen LogP contribution in [0.4, 0.5) is 0 Å². The van der Waals surface area contributed by atoms with Crippen molar-refractivity contribution in [2.45, 2.75) is 88.2 Å². The number of likely N-dealkylation sites (tertiary alicyclic amines) is 1. The first kappa shape index (κ1) is 36.0. The highest BCUT2D eigenvalue weighted by molar-refractivity contribution is 9.09. The molecule has 2 bridgehead atoms. The van der Waals surface area contributed by atoms with Gasteiger partial charge in [0.25, 0.3) is 0 Å². The zero-order valence-corrected chi connectivity index (χ0v) is 30.4. The average molecular weight is 721 g/mol. The molecule has 48 heavy (non-hydrogen) atoms. The van der Waals surface area contributed by atoms with Crippen LogP contribution in [0.25, 0.3) is 0 Å². The molecule has 0 aliphatic carbocycles. The van der Waals surface area contributed by atoms with Crippen molar-refractivity contribution < 1.29 is 24.2 Å². The summed E-state index contributed by atoms with van der Waals surface area (Å²) in [6.45, 7) is 18.9. The lowest BCUT2D eigenvalue weighted by Gasteiger charge is -2.46. The molecule has 9 heteroatoms. The Labute approximate surface area is 293 Å². The molecule has 3 saturated heterocycles. The second-order valence-electron chi connectivity index (χ2n) is 15.3. The third-order valence-electron chi connectivity index (χ3n) is 10.1. The Morgan fingerprint density at radius 3 is 2.19 bits per heavy atom. The van der Waals surface area contributed by atoms with Crippen molar-refractivity contribution in [3.63, 3.8) is 0 Å². The summed E-state index contributed by atoms with van der Waals surface area (Å²) < 4.78 is 6.88. The first-order valence-electron chi connectivity index (χ1n) is 16.9. The minimum absolute atomic E-state index is 0.0962. The van der Waals surface area contributed by atoms with Crippen molar-refractivity contribution >= 4 is 33.7 Å². The number of carbonyl (C=O) groups excluding carboxylic acids is 3. The molecule has 3 amide bonds. The summed E-state index contributed by atoms with van der Waals surface area (Å²) in [5.74, 6) is -2.56. The van der Waals surface area contributed by atoms with Gasteiger partial charge in [-0.1, -0.05) is 110 Å². The second-order valence-corrected chi connectivity index (χ2v) is 16.5. The monoisotopic (exact) mass is 719 g/mol. The fraction of sp³-hybridized carbons (Fsp3) is 0.513. The summed E-state index contributed by atoms with van der Waals surface area (Å²) in [6, 6.07) is 17.1. The van der Waals surface area contributed by atoms with Crippen molar-refractivity contribution in [1.82, 2.24) is 14.7 Å². The summed E-state index contributed by atoms with van der Waals surface area (Å²) in [5.41, 5.74) is -0.318. The fourth-order valence-electron chi connectivity index (χ4n) is 8.70. The molecular weight excluding hydrogens is 670 g/mol. The fourth-order valence-corrected chi connectivity index (χ4v) is 9.65. The number of rotatable bonds is 13. The van der Waals surface area contributed by atoms with Crippen LogP contribution in [0.1, 0.15) is 64.6 Å². The standard InChI is InChI=1S/C39H50BrN3O5/c1-8-20-41(23-26-16-12-10-13-17-26)34(45)30-31-35(46)43(29(24-44)27-18-14-11-15-19-27)33(39(31)22-28(40)32(30)48-39)36(47)42(21-9-2)38(6,7)25-37(3,4)5/h8-19,28-33,44H,1-2,20-25H2,3-7H3/t28?,29-,30-,31+,32-,33?,39?/m1/s1. The number of amides is 3. The van der Waals surface area contributed by atoms with E-state index in [0.29, 0.717) is 31.5 Å². The maximum atomic E-state index is 15.3. The third-order valence-corrected chi connectivity index (χ3v) is 10.9. The predicted octanol–water partition coefficient (Wildman–Crippen LogP) is 5.91. The van der Waals surface area contributed by atoms with Crippen LogP contribution in [0.15, 0.2) is 86.0 Å². The zero-order valence-electron chi connectivity index (χ0n) is 28.8. The van der Waals surface area contributed by atoms with Crippen LogP contribution in [0.2, 0.25) is 0 Å². The van der Waals surface area contributed by atoms with Gasteiger partial charge in [0.2, 0.25) is 17.7 Å². The van der Waals surface area contributed by atoms with Gasteiger partial charge in [-0.3, -0.25) is 14.4 Å². The maximum absolute atomic E-state index is 15.3. The van der Waals surface area contributed by atoms with Gasteiger partial charge in [-0.15, -0.1) is 13.2 Å². The van der Waals surface area contributed by atoms with E-state index in [-0.39, 0.29) is 34.5 Å². The molecular formula is C39H50BrN3O5. The van der Waals surface area contributed by atoms with Crippen molar-refractivity contribution in [2.75, 3.05) is 19.7 Å². The number of ether oxygens (including phenoxy) is 1. The molecule has 0 radical (unpaired) electrons. The second kappa shape index (κ2) is 13.9. The highest BCUT2D eigenvalue weighted by atomic mass is 79.9. The van der Waals surface area contributed by atoms with Gasteiger partial charge in [-0.05, 0) is 43.2 Å². The molecule has 2 aromatic rings. The molecule has 5 rings (SSSR count). The Bertz CT molecular complexity index is 1510. The van der Waals surface area contributed by atoms with Gasteiger partial charge >= 0.3 is 0 Å². The number of aliphatic hydroxyl groups excluding tert-OH is 1. The van der Waals surface area contributed by atoms with Gasteiger partial charge in [0.1, 0.15) is 11.6 Å². The number of alkyl halides is 1. The highest BCUT2D eigenvalue weighted by Crippen LogP contribution is 2.62. The normalized spacial score (nSPS) is 27.0. The lowest BCUT2D eigenvalue weighted by atomic mass is 9.70. The summed E-state index contributed by atoms with van der Waals surface area (Å²) >= 11 is 3.82. The average Bonchev–Trinajstić information content (AvgIpc) is 3.62. The molecule has 3 fully saturated rings. The predicted molar refractivity (Wildman–Crippen MR) is 191 cm³/mol. The summed E-state index contributed by atoms with van der Waals surface area (Å²) in [4.78, 5) is 49.7. The van der Waals surface area contributed by atoms with Crippen LogP contribution in [0.3, 0.4) is 0 Å². The van der Waals surface area contributed by atoms with Crippen LogP contribution in [-0.4, -0.2) is 85.3 Å². The SMILES string of the molecule is C=CCN(Cc1ccccc1)C(=O)[C@H]1[C@@H]2OC3(CC2Br)C(C(=O)N(CC=C)C(C)(C)CC(C)(C)C)N([C@H](CO)c2ccccc2)C(=O)[C@H]13. The molecule has 0 aromatic heterocycles. The number of halogens is 1. The van der Waals surface area contributed by atoms with E-state index in [0.717, 1.165) is 5.56 Å². The first-order chi connectivity index (χ1) is 22.7. The minimum Gasteiger partial charge on any atom is -0.394 e. The Kier molecular flexibility index (Phi) is 10.4. The molecule has 3 heterocycles. The van der Waals surface area contributed by atoms with Gasteiger partial charge in [-0.25, -0.2) is 0 Å². The molecule has 1 spiro atoms. The van der Waals surface area contributed by atoms with E-state index >= 15 is 9.59 Å². The van der Waals surface area contributed by atoms with Crippen LogP contribution in [0.5, 0.6) is 0 Å². The van der Waals surface area contributed by atoms with Crippen molar-refractivity contribution in [2.24, 2.45) is 17.3 Å². The van der Waals surface area contributed by atoms with Gasteiger partial charge in [0.15, 0.2) is 0 Å². The lowest BCUT2D eigenvalue weighted by Crippen LogP contribution is -2.61. The molecule has 8 nitrogen and oxygen atoms in total. The number of hydrogen-bond acceptors (Lipinski definition) is 5. The van der Waals surface area contributed by atoms with Crippen molar-refractivity contribution in [3.05, 3.63) is 97.1 Å². The van der Waals surface area contributed by atoms with E-state index in [1.54, 1.807) is 26.9 Å². The number of fused-ring (bicyclic) bond motifs is 1. The zero-order chi connectivity index (χ0) is 35.0. The Balaban J connectivity index is 1.64. The van der Waals surface area contributed by atoms with Crippen LogP contribution in [0, 0.1) is 17.3 Å². The Morgan fingerprint density at radius 2 is 1.62 bits per heavy atom. The third kappa shape index (κ3) is 6.53. The van der Waals surface area contributed by atoms with E-state index in [4.69, 9.17) is 4.74 Å². The van der Waals surface area contributed by atoms with Crippen LogP contribution >= 0.6 is 15.9 Å². The number of carbonyl (C=O) groups is 3. The molecule has 3 aliphatic heterocycles. The number of benzene rings is 2. The largest absolute Gasteiger partial charge is 0.394 e. The van der Waals surface area contributed by atoms with Gasteiger partial charge < -0.3 is 24.5 Å². The van der Waals surface area contributed by atoms with Crippen molar-refractivity contribution in [3.8, 4) is 0 Å². The molecule has 1 N–H and O–H groups in total. The van der Waals surface area contributed by atoms with Gasteiger partial charge in [0, 0.05) is 30.0 Å². The molecule has 258 valence electrons. The Hall–Kier alpha value is -3.27. The van der Waals surface area contributed by atoms with Crippen LogP contribution in [-0.2, 0) is 25.7 Å². The number of aliphatic hydroxyl groups is 1. The number of hydrogen-bond donors (Lipinski definition) is 1. The van der Waals surface area contributed by atoms with E-state index in [1.165, 1.54) is 0 Å². The molecule has 3 aliphatic rings. The lowest BCUT2D eigenvalue weighted by molar-refractivity contribution is -0.156. The van der Waals surface area contributed by atoms with Gasteiger partial charge in [-0.2, -0.15) is 0 Å². The molecule has 0 saturated carbocycles. The topological polar surface area (TPSA) is 90.4 Å². The minimum atomic E-state index is -1.28. The number of nitrogens with zero attached hydrogens (tertiary/aromatic N) is 3. The first-order valence-corrected chi connectivity index (χ1v) is 17.8. The van der Waals surface area contributed by atoms with Gasteiger partial charge in [0.05, 0.1) is 30.6 Å². The van der Waals surface area contributed by atoms with E-state index < -0.39 is 47.8 Å². The van der Waals surface area contributed by atoms with E-state index in [9.17, 15) is 9.90 Å². The quantitative estimate of drug-likeness (QED) is 0.205. The summed E-state index contributed by atoms with van der Waals surface area (Å²) in [7, 11) is 0. The van der Waals surface area contributed by atoms with Crippen LogP contribution < -0.4 is 0 Å². The molecule has 7 atom stereocenters. The molecule has 3 unspecified atom stereocenters. The highest BCUT2D eigenvalue weighted by Gasteiger charge is 2.77. The summed E-state index contributed by atoms with van der Waals surface area (Å²) in [6.07, 6.45) is 3.86. The molecule has 2 aromatic carbocycles. The Morgan fingerprint density at radius 1 is 1.02 bits per heavy atom. The van der Waals surface area contributed by atoms with Crippen molar-refractivity contribution in [1.29, 1.82) is 0 Å². The van der Waals surface area contributed by atoms with E-state index in [2.05, 4.69) is 49.9 Å². The van der Waals surface area contributed by atoms with E-state index in [1.807, 2.05) is 74.5 Å². The maximum Gasteiger partial charge on any atom is 0.249 e. The smallest absolute Gasteiger partial charge is 0.249 e. The summed E-state index contributed by atoms with van der Waals surface area (Å²) in [5, 5.41) is 10.9.